The summed E-state index contributed by atoms with van der Waals surface area (Å²) in [5.74, 6) is 0.701. The molecule has 2 aliphatic rings. The van der Waals surface area contributed by atoms with Gasteiger partial charge in [-0.2, -0.15) is 0 Å². The van der Waals surface area contributed by atoms with Crippen molar-refractivity contribution in [1.82, 2.24) is 5.32 Å². The average Bonchev–Trinajstić information content (AvgIpc) is 2.48. The van der Waals surface area contributed by atoms with Gasteiger partial charge in [0.15, 0.2) is 0 Å². The van der Waals surface area contributed by atoms with Crippen LogP contribution < -0.4 is 11.1 Å². The van der Waals surface area contributed by atoms with E-state index in [1.807, 2.05) is 0 Å². The van der Waals surface area contributed by atoms with Gasteiger partial charge in [0.2, 0.25) is 5.91 Å². The SMILES string of the molecule is CC1CC(NC(=O)C2COCC2N)C1. The highest BCUT2D eigenvalue weighted by molar-refractivity contribution is 5.80. The molecule has 2 atom stereocenters. The minimum atomic E-state index is -0.133. The van der Waals surface area contributed by atoms with Crippen molar-refractivity contribution in [2.24, 2.45) is 17.6 Å². The number of carbonyl (C=O) groups is 1. The second kappa shape index (κ2) is 3.87. The highest BCUT2D eigenvalue weighted by Gasteiger charge is 2.34. The van der Waals surface area contributed by atoms with Crippen molar-refractivity contribution in [1.29, 1.82) is 0 Å². The van der Waals surface area contributed by atoms with E-state index >= 15 is 0 Å². The zero-order valence-corrected chi connectivity index (χ0v) is 8.53. The Morgan fingerprint density at radius 1 is 1.43 bits per heavy atom. The molecular formula is C10H18N2O2. The maximum absolute atomic E-state index is 11.7. The molecule has 1 aliphatic heterocycles. The summed E-state index contributed by atoms with van der Waals surface area (Å²) in [4.78, 5) is 11.7. The molecule has 2 fully saturated rings. The zero-order valence-electron chi connectivity index (χ0n) is 8.53. The standard InChI is InChI=1S/C10H18N2O2/c1-6-2-7(3-6)12-10(13)8-4-14-5-9(8)11/h6-9H,2-5,11H2,1H3,(H,12,13). The number of amides is 1. The number of hydrogen-bond donors (Lipinski definition) is 2. The summed E-state index contributed by atoms with van der Waals surface area (Å²) < 4.78 is 5.16. The molecule has 0 bridgehead atoms. The molecule has 2 unspecified atom stereocenters. The Hall–Kier alpha value is -0.610. The van der Waals surface area contributed by atoms with Gasteiger partial charge in [-0.05, 0) is 18.8 Å². The lowest BCUT2D eigenvalue weighted by Crippen LogP contribution is -2.49. The Kier molecular flexibility index (Phi) is 2.74. The predicted molar refractivity (Wildman–Crippen MR) is 52.6 cm³/mol. The van der Waals surface area contributed by atoms with Crippen molar-refractivity contribution < 1.29 is 9.53 Å². The van der Waals surface area contributed by atoms with Crippen LogP contribution in [0.2, 0.25) is 0 Å². The number of rotatable bonds is 2. The molecule has 14 heavy (non-hydrogen) atoms. The molecule has 1 aliphatic carbocycles. The van der Waals surface area contributed by atoms with Gasteiger partial charge in [0.05, 0.1) is 19.1 Å². The highest BCUT2D eigenvalue weighted by Crippen LogP contribution is 2.26. The van der Waals surface area contributed by atoms with Crippen molar-refractivity contribution in [3.8, 4) is 0 Å². The fourth-order valence-corrected chi connectivity index (χ4v) is 2.17. The first-order valence-corrected chi connectivity index (χ1v) is 5.30. The van der Waals surface area contributed by atoms with Crippen molar-refractivity contribution in [3.63, 3.8) is 0 Å². The molecule has 1 heterocycles. The van der Waals surface area contributed by atoms with E-state index < -0.39 is 0 Å². The van der Waals surface area contributed by atoms with E-state index in [-0.39, 0.29) is 17.9 Å². The minimum absolute atomic E-state index is 0.0758. The highest BCUT2D eigenvalue weighted by atomic mass is 16.5. The lowest BCUT2D eigenvalue weighted by Gasteiger charge is -2.34. The van der Waals surface area contributed by atoms with E-state index in [1.54, 1.807) is 0 Å². The summed E-state index contributed by atoms with van der Waals surface area (Å²) >= 11 is 0. The molecule has 4 heteroatoms. The molecular weight excluding hydrogens is 180 g/mol. The molecule has 1 saturated heterocycles. The molecule has 1 amide bonds. The average molecular weight is 198 g/mol. The second-order valence-corrected chi connectivity index (χ2v) is 4.59. The molecule has 80 valence electrons. The maximum atomic E-state index is 11.7. The summed E-state index contributed by atoms with van der Waals surface area (Å²) in [6.45, 7) is 3.20. The molecule has 2 rings (SSSR count). The number of carbonyl (C=O) groups excluding carboxylic acids is 1. The Bertz CT molecular complexity index is 226. The third-order valence-corrected chi connectivity index (χ3v) is 3.18. The van der Waals surface area contributed by atoms with E-state index in [9.17, 15) is 4.79 Å². The van der Waals surface area contributed by atoms with Gasteiger partial charge in [-0.1, -0.05) is 6.92 Å². The fraction of sp³-hybridized carbons (Fsp3) is 0.900. The van der Waals surface area contributed by atoms with Crippen LogP contribution in [0.15, 0.2) is 0 Å². The first-order chi connectivity index (χ1) is 6.66. The fourth-order valence-electron chi connectivity index (χ4n) is 2.17. The first kappa shape index (κ1) is 9.93. The van der Waals surface area contributed by atoms with Crippen LogP contribution in [-0.2, 0) is 9.53 Å². The van der Waals surface area contributed by atoms with Crippen LogP contribution in [0.5, 0.6) is 0 Å². The van der Waals surface area contributed by atoms with E-state index in [0.29, 0.717) is 19.3 Å². The predicted octanol–water partition coefficient (Wildman–Crippen LogP) is -0.125. The van der Waals surface area contributed by atoms with Crippen LogP contribution in [0, 0.1) is 11.8 Å². The quantitative estimate of drug-likeness (QED) is 0.650. The molecule has 0 spiro atoms. The summed E-state index contributed by atoms with van der Waals surface area (Å²) in [6, 6.07) is 0.262. The number of ether oxygens (including phenoxy) is 1. The topological polar surface area (TPSA) is 64.3 Å². The lowest BCUT2D eigenvalue weighted by atomic mass is 9.81. The van der Waals surface area contributed by atoms with Gasteiger partial charge in [-0.3, -0.25) is 4.79 Å². The Morgan fingerprint density at radius 3 is 2.64 bits per heavy atom. The Labute approximate surface area is 84.2 Å². The molecule has 0 aromatic rings. The molecule has 4 nitrogen and oxygen atoms in total. The van der Waals surface area contributed by atoms with Crippen LogP contribution in [-0.4, -0.2) is 31.2 Å². The third kappa shape index (κ3) is 1.91. The summed E-state index contributed by atoms with van der Waals surface area (Å²) in [5.41, 5.74) is 5.76. The summed E-state index contributed by atoms with van der Waals surface area (Å²) in [6.07, 6.45) is 2.21. The van der Waals surface area contributed by atoms with Crippen LogP contribution >= 0.6 is 0 Å². The third-order valence-electron chi connectivity index (χ3n) is 3.18. The van der Waals surface area contributed by atoms with E-state index in [2.05, 4.69) is 12.2 Å². The molecule has 0 aromatic carbocycles. The van der Waals surface area contributed by atoms with Gasteiger partial charge in [0.25, 0.3) is 0 Å². The van der Waals surface area contributed by atoms with Gasteiger partial charge in [-0.15, -0.1) is 0 Å². The Balaban J connectivity index is 1.78. The van der Waals surface area contributed by atoms with Gasteiger partial charge in [0.1, 0.15) is 0 Å². The van der Waals surface area contributed by atoms with Crippen molar-refractivity contribution in [2.45, 2.75) is 31.8 Å². The Morgan fingerprint density at radius 2 is 2.14 bits per heavy atom. The van der Waals surface area contributed by atoms with Gasteiger partial charge < -0.3 is 15.8 Å². The molecule has 3 N–H and O–H groups in total. The lowest BCUT2D eigenvalue weighted by molar-refractivity contribution is -0.126. The molecule has 1 saturated carbocycles. The van der Waals surface area contributed by atoms with Crippen LogP contribution in [0.4, 0.5) is 0 Å². The molecule has 0 radical (unpaired) electrons. The summed E-state index contributed by atoms with van der Waals surface area (Å²) in [7, 11) is 0. The first-order valence-electron chi connectivity index (χ1n) is 5.30. The van der Waals surface area contributed by atoms with Gasteiger partial charge >= 0.3 is 0 Å². The normalized spacial score (nSPS) is 41.9. The van der Waals surface area contributed by atoms with Crippen LogP contribution in [0.1, 0.15) is 19.8 Å². The maximum Gasteiger partial charge on any atom is 0.227 e. The zero-order chi connectivity index (χ0) is 10.1. The molecule has 0 aromatic heterocycles. The van der Waals surface area contributed by atoms with Crippen LogP contribution in [0.25, 0.3) is 0 Å². The smallest absolute Gasteiger partial charge is 0.227 e. The van der Waals surface area contributed by atoms with E-state index in [1.165, 1.54) is 0 Å². The van der Waals surface area contributed by atoms with Crippen molar-refractivity contribution in [2.75, 3.05) is 13.2 Å². The van der Waals surface area contributed by atoms with Crippen LogP contribution in [0.3, 0.4) is 0 Å². The van der Waals surface area contributed by atoms with Crippen molar-refractivity contribution in [3.05, 3.63) is 0 Å². The monoisotopic (exact) mass is 198 g/mol. The van der Waals surface area contributed by atoms with E-state index in [0.717, 1.165) is 18.8 Å². The summed E-state index contributed by atoms with van der Waals surface area (Å²) in [5, 5.41) is 3.02. The van der Waals surface area contributed by atoms with Crippen molar-refractivity contribution >= 4 is 5.91 Å². The second-order valence-electron chi connectivity index (χ2n) is 4.59. The number of hydrogen-bond acceptors (Lipinski definition) is 3. The number of nitrogens with one attached hydrogen (secondary N) is 1. The van der Waals surface area contributed by atoms with Gasteiger partial charge in [0, 0.05) is 12.1 Å². The minimum Gasteiger partial charge on any atom is -0.379 e. The van der Waals surface area contributed by atoms with Gasteiger partial charge in [-0.25, -0.2) is 0 Å². The largest absolute Gasteiger partial charge is 0.379 e. The van der Waals surface area contributed by atoms with E-state index in [4.69, 9.17) is 10.5 Å². The number of nitrogens with two attached hydrogens (primary N) is 1.